The van der Waals surface area contributed by atoms with Crippen molar-refractivity contribution in [1.82, 2.24) is 10.1 Å². The summed E-state index contributed by atoms with van der Waals surface area (Å²) < 4.78 is 16.5. The summed E-state index contributed by atoms with van der Waals surface area (Å²) in [5.74, 6) is 2.12. The molecule has 5 heteroatoms. The lowest BCUT2D eigenvalue weighted by Crippen LogP contribution is -2.29. The third kappa shape index (κ3) is 1.83. The highest BCUT2D eigenvalue weighted by atomic mass is 16.5. The third-order valence-electron chi connectivity index (χ3n) is 5.52. The lowest BCUT2D eigenvalue weighted by atomic mass is 9.86. The van der Waals surface area contributed by atoms with Gasteiger partial charge in [0.15, 0.2) is 5.82 Å². The highest BCUT2D eigenvalue weighted by Gasteiger charge is 2.60. The molecule has 0 amide bonds. The first-order valence-corrected chi connectivity index (χ1v) is 7.69. The van der Waals surface area contributed by atoms with Crippen molar-refractivity contribution < 1.29 is 14.0 Å². The molecule has 0 radical (unpaired) electrons. The van der Waals surface area contributed by atoms with E-state index in [4.69, 9.17) is 19.0 Å². The summed E-state index contributed by atoms with van der Waals surface area (Å²) in [6.45, 7) is 2.44. The molecule has 1 aromatic heterocycles. The minimum absolute atomic E-state index is 0.00920. The van der Waals surface area contributed by atoms with Crippen molar-refractivity contribution in [3.05, 3.63) is 11.7 Å². The topological polar surface area (TPSA) is 57.4 Å². The van der Waals surface area contributed by atoms with E-state index < -0.39 is 0 Å². The van der Waals surface area contributed by atoms with Crippen LogP contribution < -0.4 is 0 Å². The molecule has 0 N–H and O–H groups in total. The largest absolute Gasteiger partial charge is 0.384 e. The van der Waals surface area contributed by atoms with E-state index in [1.165, 1.54) is 12.8 Å². The van der Waals surface area contributed by atoms with E-state index in [1.807, 2.05) is 0 Å². The van der Waals surface area contributed by atoms with Gasteiger partial charge in [0.1, 0.15) is 0 Å². The van der Waals surface area contributed by atoms with E-state index in [1.54, 1.807) is 7.11 Å². The fraction of sp³-hybridized carbons (Fsp3) is 0.867. The van der Waals surface area contributed by atoms with Crippen molar-refractivity contribution in [2.24, 2.45) is 5.41 Å². The molecule has 110 valence electrons. The first-order valence-electron chi connectivity index (χ1n) is 7.69. The van der Waals surface area contributed by atoms with Crippen LogP contribution in [-0.2, 0) is 14.9 Å². The molecule has 1 aliphatic heterocycles. The molecule has 1 saturated heterocycles. The normalized spacial score (nSPS) is 35.0. The summed E-state index contributed by atoms with van der Waals surface area (Å²) in [5.41, 5.74) is 0.304. The number of nitrogens with zero attached hydrogens (tertiary/aromatic N) is 2. The van der Waals surface area contributed by atoms with E-state index in [0.717, 1.165) is 50.6 Å². The van der Waals surface area contributed by atoms with Crippen LogP contribution in [0.15, 0.2) is 4.52 Å². The molecule has 1 aromatic rings. The summed E-state index contributed by atoms with van der Waals surface area (Å²) in [4.78, 5) is 4.75. The highest BCUT2D eigenvalue weighted by Crippen LogP contribution is 2.63. The second kappa shape index (κ2) is 4.53. The second-order valence-electron chi connectivity index (χ2n) is 6.80. The summed E-state index contributed by atoms with van der Waals surface area (Å²) in [7, 11) is 1.76. The molecular weight excluding hydrogens is 256 g/mol. The van der Waals surface area contributed by atoms with Crippen molar-refractivity contribution in [3.8, 4) is 0 Å². The molecule has 2 heterocycles. The molecule has 3 aliphatic rings. The van der Waals surface area contributed by atoms with E-state index in [2.05, 4.69) is 5.16 Å². The van der Waals surface area contributed by atoms with Gasteiger partial charge in [-0.05, 0) is 25.7 Å². The van der Waals surface area contributed by atoms with Crippen molar-refractivity contribution in [1.29, 1.82) is 0 Å². The van der Waals surface area contributed by atoms with Gasteiger partial charge in [-0.3, -0.25) is 0 Å². The van der Waals surface area contributed by atoms with Crippen LogP contribution >= 0.6 is 0 Å². The Balaban J connectivity index is 1.56. The number of hydrogen-bond acceptors (Lipinski definition) is 5. The lowest BCUT2D eigenvalue weighted by molar-refractivity contribution is 0.125. The van der Waals surface area contributed by atoms with Gasteiger partial charge in [-0.25, -0.2) is 0 Å². The Morgan fingerprint density at radius 1 is 1.30 bits per heavy atom. The standard InChI is InChI=1S/C15H22N2O3/c1-18-9-14(4-2-3-5-14)13-16-12(20-17-13)11-8-15(11)6-7-19-10-15/h11H,2-10H2,1H3. The molecule has 5 nitrogen and oxygen atoms in total. The average molecular weight is 278 g/mol. The number of rotatable bonds is 4. The Labute approximate surface area is 119 Å². The minimum Gasteiger partial charge on any atom is -0.384 e. The van der Waals surface area contributed by atoms with Crippen molar-refractivity contribution in [3.63, 3.8) is 0 Å². The zero-order valence-corrected chi connectivity index (χ0v) is 12.1. The van der Waals surface area contributed by atoms with Crippen LogP contribution in [0, 0.1) is 5.41 Å². The zero-order valence-electron chi connectivity index (χ0n) is 12.1. The molecule has 2 aliphatic carbocycles. The van der Waals surface area contributed by atoms with Gasteiger partial charge >= 0.3 is 0 Å². The van der Waals surface area contributed by atoms with Crippen molar-refractivity contribution >= 4 is 0 Å². The van der Waals surface area contributed by atoms with Crippen molar-refractivity contribution in [2.75, 3.05) is 26.9 Å². The molecule has 2 atom stereocenters. The Kier molecular flexibility index (Phi) is 2.89. The number of ether oxygens (including phenoxy) is 2. The molecule has 3 fully saturated rings. The summed E-state index contributed by atoms with van der Waals surface area (Å²) in [6.07, 6.45) is 6.96. The fourth-order valence-corrected chi connectivity index (χ4v) is 4.11. The molecule has 2 saturated carbocycles. The first kappa shape index (κ1) is 12.8. The number of hydrogen-bond donors (Lipinski definition) is 0. The fourth-order valence-electron chi connectivity index (χ4n) is 4.11. The van der Waals surface area contributed by atoms with E-state index in [-0.39, 0.29) is 5.41 Å². The Hall–Kier alpha value is -0.940. The average Bonchev–Trinajstić information content (AvgIpc) is 2.93. The molecule has 1 spiro atoms. The van der Waals surface area contributed by atoms with Gasteiger partial charge in [0.05, 0.1) is 18.6 Å². The molecular formula is C15H22N2O3. The van der Waals surface area contributed by atoms with Crippen LogP contribution in [0.2, 0.25) is 0 Å². The van der Waals surface area contributed by atoms with Gasteiger partial charge < -0.3 is 14.0 Å². The number of aromatic nitrogens is 2. The van der Waals surface area contributed by atoms with Gasteiger partial charge in [0.25, 0.3) is 0 Å². The van der Waals surface area contributed by atoms with Crippen LogP contribution in [0.4, 0.5) is 0 Å². The van der Waals surface area contributed by atoms with Gasteiger partial charge in [-0.2, -0.15) is 4.98 Å². The maximum Gasteiger partial charge on any atom is 0.230 e. The van der Waals surface area contributed by atoms with Crippen molar-refractivity contribution in [2.45, 2.75) is 49.9 Å². The summed E-state index contributed by atoms with van der Waals surface area (Å²) in [5, 5.41) is 4.30. The summed E-state index contributed by atoms with van der Waals surface area (Å²) in [6, 6.07) is 0. The molecule has 0 bridgehead atoms. The van der Waals surface area contributed by atoms with Crippen LogP contribution in [0.5, 0.6) is 0 Å². The predicted molar refractivity (Wildman–Crippen MR) is 71.5 cm³/mol. The van der Waals surface area contributed by atoms with E-state index >= 15 is 0 Å². The third-order valence-corrected chi connectivity index (χ3v) is 5.52. The summed E-state index contributed by atoms with van der Waals surface area (Å²) >= 11 is 0. The number of methoxy groups -OCH3 is 1. The SMILES string of the molecule is COCC1(c2noc(C3CC34CCOC4)n2)CCCC1. The van der Waals surface area contributed by atoms with Crippen LogP contribution in [0.25, 0.3) is 0 Å². The quantitative estimate of drug-likeness (QED) is 0.846. The Bertz CT molecular complexity index is 487. The monoisotopic (exact) mass is 278 g/mol. The van der Waals surface area contributed by atoms with Gasteiger partial charge in [-0.1, -0.05) is 18.0 Å². The van der Waals surface area contributed by atoms with Crippen LogP contribution in [-0.4, -0.2) is 37.1 Å². The van der Waals surface area contributed by atoms with Crippen LogP contribution in [0.1, 0.15) is 56.2 Å². The smallest absolute Gasteiger partial charge is 0.230 e. The Morgan fingerprint density at radius 3 is 2.85 bits per heavy atom. The minimum atomic E-state index is -0.00920. The molecule has 20 heavy (non-hydrogen) atoms. The van der Waals surface area contributed by atoms with E-state index in [9.17, 15) is 0 Å². The molecule has 4 rings (SSSR count). The van der Waals surface area contributed by atoms with Gasteiger partial charge in [0, 0.05) is 25.0 Å². The first-order chi connectivity index (χ1) is 9.78. The predicted octanol–water partition coefficient (Wildman–Crippen LogP) is 2.42. The van der Waals surface area contributed by atoms with Gasteiger partial charge in [0.2, 0.25) is 5.89 Å². The second-order valence-corrected chi connectivity index (χ2v) is 6.80. The zero-order chi connectivity index (χ0) is 13.6. The van der Waals surface area contributed by atoms with Gasteiger partial charge in [-0.15, -0.1) is 0 Å². The maximum absolute atomic E-state index is 5.59. The van der Waals surface area contributed by atoms with E-state index in [0.29, 0.717) is 17.9 Å². The lowest BCUT2D eigenvalue weighted by Gasteiger charge is -2.23. The maximum atomic E-state index is 5.59. The molecule has 2 unspecified atom stereocenters. The molecule has 0 aromatic carbocycles. The highest BCUT2D eigenvalue weighted by molar-refractivity contribution is 5.20. The Morgan fingerprint density at radius 2 is 2.15 bits per heavy atom. The van der Waals surface area contributed by atoms with Crippen LogP contribution in [0.3, 0.4) is 0 Å².